The van der Waals surface area contributed by atoms with E-state index >= 15 is 0 Å². The molecule has 0 aliphatic carbocycles. The molecule has 1 aromatic carbocycles. The summed E-state index contributed by atoms with van der Waals surface area (Å²) in [6.07, 6.45) is -0.646. The normalized spacial score (nSPS) is 14.9. The Morgan fingerprint density at radius 3 is 2.51 bits per heavy atom. The minimum atomic E-state index is -2.61. The van der Waals surface area contributed by atoms with Gasteiger partial charge in [-0.25, -0.2) is 13.2 Å². The van der Waals surface area contributed by atoms with Gasteiger partial charge in [-0.3, -0.25) is 28.6 Å². The lowest BCUT2D eigenvalue weighted by Gasteiger charge is -2.16. The van der Waals surface area contributed by atoms with E-state index in [-0.39, 0.29) is 24.3 Å². The largest absolute Gasteiger partial charge is 0.365 e. The lowest BCUT2D eigenvalue weighted by molar-refractivity contribution is -0.125. The highest BCUT2D eigenvalue weighted by Crippen LogP contribution is 2.21. The number of nitrogens with one attached hydrogen (secondary N) is 2. The topological polar surface area (TPSA) is 127 Å². The maximum atomic E-state index is 14.4. The second-order valence-corrected chi connectivity index (χ2v) is 10.2. The Labute approximate surface area is 230 Å². The van der Waals surface area contributed by atoms with Crippen molar-refractivity contribution < 1.29 is 27.6 Å². The van der Waals surface area contributed by atoms with Crippen LogP contribution in [0.3, 0.4) is 0 Å². The van der Waals surface area contributed by atoms with Crippen molar-refractivity contribution in [2.24, 2.45) is 11.7 Å². The third-order valence-corrected chi connectivity index (χ3v) is 6.83. The van der Waals surface area contributed by atoms with Gasteiger partial charge in [0.15, 0.2) is 0 Å². The van der Waals surface area contributed by atoms with Crippen molar-refractivity contribution in [1.29, 1.82) is 0 Å². The van der Waals surface area contributed by atoms with Crippen LogP contribution < -0.4 is 21.9 Å². The number of primary amides is 1. The summed E-state index contributed by atoms with van der Waals surface area (Å²) >= 11 is 6.70. The van der Waals surface area contributed by atoms with E-state index in [0.29, 0.717) is 27.9 Å². The van der Waals surface area contributed by atoms with E-state index < -0.39 is 42.4 Å². The minimum Gasteiger partial charge on any atom is -0.365 e. The lowest BCUT2D eigenvalue weighted by Crippen LogP contribution is -2.37. The van der Waals surface area contributed by atoms with Gasteiger partial charge in [-0.2, -0.15) is 0 Å². The SMILES string of the molecule is NC(=O)c1ccc(Cl)s1.O=C(CN1CCC(C(=O)NCC(F)F)C1)Nc1ccc(-n2ccccc2=O)cc1F. The zero-order valence-corrected chi connectivity index (χ0v) is 22.0. The number of benzene rings is 1. The number of hydrogen-bond acceptors (Lipinski definition) is 6. The second-order valence-electron chi connectivity index (χ2n) is 8.45. The number of nitrogens with zero attached hydrogens (tertiary/aromatic N) is 2. The third kappa shape index (κ3) is 8.94. The number of carbonyl (C=O) groups is 3. The highest BCUT2D eigenvalue weighted by Gasteiger charge is 2.29. The van der Waals surface area contributed by atoms with Gasteiger partial charge in [-0.15, -0.1) is 11.3 Å². The van der Waals surface area contributed by atoms with Crippen LogP contribution in [0.1, 0.15) is 16.1 Å². The first-order chi connectivity index (χ1) is 18.5. The number of carbonyl (C=O) groups excluding carboxylic acids is 3. The molecular formula is C25H25ClF3N5O4S. The van der Waals surface area contributed by atoms with E-state index in [1.54, 1.807) is 29.2 Å². The molecule has 1 aliphatic rings. The molecule has 1 atom stereocenters. The summed E-state index contributed by atoms with van der Waals surface area (Å²) in [5.41, 5.74) is 4.93. The summed E-state index contributed by atoms with van der Waals surface area (Å²) in [4.78, 5) is 48.5. The first-order valence-corrected chi connectivity index (χ1v) is 12.8. The van der Waals surface area contributed by atoms with Gasteiger partial charge < -0.3 is 16.4 Å². The maximum absolute atomic E-state index is 14.4. The highest BCUT2D eigenvalue weighted by atomic mass is 35.5. The van der Waals surface area contributed by atoms with Gasteiger partial charge in [0.05, 0.1) is 39.6 Å². The van der Waals surface area contributed by atoms with E-state index in [1.165, 1.54) is 40.3 Å². The molecule has 14 heteroatoms. The molecule has 1 fully saturated rings. The number of hydrogen-bond donors (Lipinski definition) is 3. The molecule has 0 bridgehead atoms. The number of aromatic nitrogens is 1. The first kappa shape index (κ1) is 29.9. The molecule has 9 nitrogen and oxygen atoms in total. The molecule has 2 aromatic heterocycles. The molecule has 1 unspecified atom stereocenters. The molecule has 3 amide bonds. The predicted molar refractivity (Wildman–Crippen MR) is 142 cm³/mol. The summed E-state index contributed by atoms with van der Waals surface area (Å²) in [6, 6.07) is 11.9. The average molecular weight is 584 g/mol. The van der Waals surface area contributed by atoms with Crippen LogP contribution in [0.2, 0.25) is 4.34 Å². The fourth-order valence-electron chi connectivity index (χ4n) is 3.75. The first-order valence-electron chi connectivity index (χ1n) is 11.6. The number of thiophene rings is 1. The van der Waals surface area contributed by atoms with E-state index in [2.05, 4.69) is 10.6 Å². The quantitative estimate of drug-likeness (QED) is 0.376. The standard InChI is InChI=1S/C20H21F3N4O3.C5H4ClNOS/c21-15-9-14(27-7-2-1-3-19(27)29)4-5-16(15)25-18(28)12-26-8-6-13(11-26)20(30)24-10-17(22)23;6-4-2-1-3(9-4)5(7)8/h1-5,7,9,13,17H,6,8,10-12H2,(H,24,30)(H,25,28);1-2H,(H2,7,8). The summed E-state index contributed by atoms with van der Waals surface area (Å²) in [7, 11) is 0. The van der Waals surface area contributed by atoms with Crippen molar-refractivity contribution in [3.8, 4) is 5.69 Å². The van der Waals surface area contributed by atoms with E-state index in [9.17, 15) is 32.3 Å². The Morgan fingerprint density at radius 1 is 1.15 bits per heavy atom. The van der Waals surface area contributed by atoms with E-state index in [0.717, 1.165) is 6.07 Å². The van der Waals surface area contributed by atoms with Gasteiger partial charge in [-0.1, -0.05) is 17.7 Å². The van der Waals surface area contributed by atoms with Gasteiger partial charge in [-0.05, 0) is 43.3 Å². The number of likely N-dealkylation sites (tertiary alicyclic amines) is 1. The fraction of sp³-hybridized carbons (Fsp3) is 0.280. The Kier molecular flexibility index (Phi) is 10.7. The minimum absolute atomic E-state index is 0.0295. The van der Waals surface area contributed by atoms with Crippen LogP contribution in [-0.4, -0.2) is 59.8 Å². The smallest absolute Gasteiger partial charge is 0.258 e. The number of anilines is 1. The Morgan fingerprint density at radius 2 is 1.92 bits per heavy atom. The van der Waals surface area contributed by atoms with E-state index in [4.69, 9.17) is 17.3 Å². The number of pyridine rings is 1. The average Bonchev–Trinajstić information content (AvgIpc) is 3.54. The third-order valence-electron chi connectivity index (χ3n) is 5.58. The predicted octanol–water partition coefficient (Wildman–Crippen LogP) is 3.12. The Balaban J connectivity index is 0.000000395. The summed E-state index contributed by atoms with van der Waals surface area (Å²) < 4.78 is 40.6. The van der Waals surface area contributed by atoms with Crippen molar-refractivity contribution in [3.05, 3.63) is 80.1 Å². The van der Waals surface area contributed by atoms with Crippen LogP contribution in [-0.2, 0) is 9.59 Å². The van der Waals surface area contributed by atoms with Crippen molar-refractivity contribution in [1.82, 2.24) is 14.8 Å². The zero-order chi connectivity index (χ0) is 28.5. The Hall–Kier alpha value is -3.68. The van der Waals surface area contributed by atoms with Crippen LogP contribution >= 0.6 is 22.9 Å². The molecule has 3 heterocycles. The van der Waals surface area contributed by atoms with Gasteiger partial charge in [0.25, 0.3) is 17.9 Å². The van der Waals surface area contributed by atoms with Crippen LogP contribution in [0.4, 0.5) is 18.9 Å². The molecule has 4 rings (SSSR count). The van der Waals surface area contributed by atoms with Crippen LogP contribution in [0.15, 0.2) is 59.5 Å². The number of halogens is 4. The lowest BCUT2D eigenvalue weighted by atomic mass is 10.1. The van der Waals surface area contributed by atoms with Crippen molar-refractivity contribution >= 4 is 46.3 Å². The molecule has 3 aromatic rings. The maximum Gasteiger partial charge on any atom is 0.258 e. The highest BCUT2D eigenvalue weighted by molar-refractivity contribution is 7.17. The fourth-order valence-corrected chi connectivity index (χ4v) is 4.64. The van der Waals surface area contributed by atoms with Gasteiger partial charge in [0.1, 0.15) is 5.82 Å². The molecule has 1 saturated heterocycles. The molecular weight excluding hydrogens is 559 g/mol. The van der Waals surface area contributed by atoms with Gasteiger partial charge in [0, 0.05) is 24.9 Å². The molecule has 208 valence electrons. The summed E-state index contributed by atoms with van der Waals surface area (Å²) in [6.45, 7) is -0.0302. The molecule has 1 aliphatic heterocycles. The molecule has 0 spiro atoms. The molecule has 39 heavy (non-hydrogen) atoms. The number of nitrogens with two attached hydrogens (primary N) is 1. The van der Waals surface area contributed by atoms with Crippen LogP contribution in [0.25, 0.3) is 5.69 Å². The van der Waals surface area contributed by atoms with E-state index in [1.807, 2.05) is 0 Å². The van der Waals surface area contributed by atoms with Crippen LogP contribution in [0, 0.1) is 11.7 Å². The molecule has 0 radical (unpaired) electrons. The number of alkyl halides is 2. The van der Waals surface area contributed by atoms with Crippen molar-refractivity contribution in [2.45, 2.75) is 12.8 Å². The molecule has 4 N–H and O–H groups in total. The summed E-state index contributed by atoms with van der Waals surface area (Å²) in [5, 5.41) is 4.65. The number of amides is 3. The van der Waals surface area contributed by atoms with Gasteiger partial charge in [0.2, 0.25) is 11.8 Å². The Bertz CT molecular complexity index is 1380. The van der Waals surface area contributed by atoms with Crippen molar-refractivity contribution in [2.75, 3.05) is 31.5 Å². The van der Waals surface area contributed by atoms with Gasteiger partial charge >= 0.3 is 0 Å². The zero-order valence-electron chi connectivity index (χ0n) is 20.4. The second kappa shape index (κ2) is 13.9. The van der Waals surface area contributed by atoms with Crippen LogP contribution in [0.5, 0.6) is 0 Å². The molecule has 0 saturated carbocycles. The summed E-state index contributed by atoms with van der Waals surface area (Å²) in [5.74, 6) is -2.51. The van der Waals surface area contributed by atoms with Crippen molar-refractivity contribution in [3.63, 3.8) is 0 Å². The number of rotatable bonds is 8. The monoisotopic (exact) mass is 583 g/mol.